The third-order valence-corrected chi connectivity index (χ3v) is 9.75. The van der Waals surface area contributed by atoms with E-state index in [2.05, 4.69) is 21.9 Å². The second-order valence-corrected chi connectivity index (χ2v) is 11.5. The molecule has 2 aromatic rings. The second kappa shape index (κ2) is 10.5. The number of morpholine rings is 1. The summed E-state index contributed by atoms with van der Waals surface area (Å²) in [6, 6.07) is 6.97. The summed E-state index contributed by atoms with van der Waals surface area (Å²) in [7, 11) is -1.85. The maximum absolute atomic E-state index is 13.6. The van der Waals surface area contributed by atoms with Crippen LogP contribution in [0.1, 0.15) is 18.2 Å². The fourth-order valence-electron chi connectivity index (χ4n) is 4.09. The average molecular weight is 516 g/mol. The molecule has 1 N–H and O–H groups in total. The summed E-state index contributed by atoms with van der Waals surface area (Å²) in [5.74, 6) is 0.334. The summed E-state index contributed by atoms with van der Waals surface area (Å²) in [6.07, 6.45) is 4.02. The van der Waals surface area contributed by atoms with Crippen LogP contribution in [0.3, 0.4) is 0 Å². The molecule has 35 heavy (non-hydrogen) atoms. The Bertz CT molecular complexity index is 1260. The van der Waals surface area contributed by atoms with E-state index in [9.17, 15) is 13.2 Å². The highest BCUT2D eigenvalue weighted by molar-refractivity contribution is 8.09. The quantitative estimate of drug-likeness (QED) is 0.417. The highest BCUT2D eigenvalue weighted by Crippen LogP contribution is 2.41. The van der Waals surface area contributed by atoms with Crippen molar-refractivity contribution in [2.24, 2.45) is 0 Å². The van der Waals surface area contributed by atoms with E-state index in [0.29, 0.717) is 49.2 Å². The van der Waals surface area contributed by atoms with Crippen LogP contribution in [-0.4, -0.2) is 78.6 Å². The smallest absolute Gasteiger partial charge is 0.227 e. The molecule has 1 fully saturated rings. The van der Waals surface area contributed by atoms with Crippen molar-refractivity contribution in [3.63, 3.8) is 0 Å². The van der Waals surface area contributed by atoms with Crippen LogP contribution in [-0.2, 0) is 19.4 Å². The first-order valence-corrected chi connectivity index (χ1v) is 13.6. The number of anilines is 2. The number of aromatic nitrogens is 2. The summed E-state index contributed by atoms with van der Waals surface area (Å²) < 4.78 is 32.5. The van der Waals surface area contributed by atoms with Gasteiger partial charge in [0.2, 0.25) is 5.95 Å². The lowest BCUT2D eigenvalue weighted by Gasteiger charge is -2.32. The van der Waals surface area contributed by atoms with E-state index in [1.807, 2.05) is 23.8 Å². The molecule has 186 valence electrons. The van der Waals surface area contributed by atoms with Crippen LogP contribution in [0.4, 0.5) is 11.6 Å². The highest BCUT2D eigenvalue weighted by atomic mass is 32.2. The van der Waals surface area contributed by atoms with Gasteiger partial charge in [-0.3, -0.25) is 4.90 Å². The number of hydrogen-bond donors (Lipinski definition) is 1. The molecule has 3 heterocycles. The number of likely N-dealkylation sites (N-methyl/N-ethyl adjacent to an activating group) is 1. The van der Waals surface area contributed by atoms with Crippen LogP contribution < -0.4 is 5.32 Å². The zero-order chi connectivity index (χ0) is 25.2. The number of rotatable bonds is 8. The molecule has 4 rings (SSSR count). The summed E-state index contributed by atoms with van der Waals surface area (Å²) in [6.45, 7) is 9.55. The molecule has 0 aliphatic carbocycles. The number of nitrogens with one attached hydrogen (secondary N) is 1. The number of allylic oxidation sites excluding steroid dienone is 1. The van der Waals surface area contributed by atoms with Gasteiger partial charge in [-0.15, -0.1) is 6.58 Å². The first-order chi connectivity index (χ1) is 16.8. The molecular formula is C24H29N5O4S2. The highest BCUT2D eigenvalue weighted by Gasteiger charge is 2.33. The number of hydrogen-bond acceptors (Lipinski definition) is 10. The van der Waals surface area contributed by atoms with Crippen molar-refractivity contribution in [3.8, 4) is 0 Å². The Morgan fingerprint density at radius 3 is 2.66 bits per heavy atom. The molecule has 1 aromatic carbocycles. The Balaban J connectivity index is 1.61. The molecule has 0 saturated carbocycles. The lowest BCUT2D eigenvalue weighted by atomic mass is 10.2. The first-order valence-electron chi connectivity index (χ1n) is 11.2. The molecule has 1 aromatic heterocycles. The summed E-state index contributed by atoms with van der Waals surface area (Å²) in [4.78, 5) is 25.2. The largest absolute Gasteiger partial charge is 0.379 e. The van der Waals surface area contributed by atoms with Crippen molar-refractivity contribution in [3.05, 3.63) is 60.1 Å². The van der Waals surface area contributed by atoms with Gasteiger partial charge < -0.3 is 19.7 Å². The van der Waals surface area contributed by atoms with Crippen LogP contribution in [0, 0.1) is 6.92 Å². The van der Waals surface area contributed by atoms with Crippen molar-refractivity contribution < 1.29 is 17.9 Å². The van der Waals surface area contributed by atoms with Crippen LogP contribution >= 0.6 is 11.8 Å². The Morgan fingerprint density at radius 1 is 1.26 bits per heavy atom. The average Bonchev–Trinajstić information content (AvgIpc) is 3.15. The predicted octanol–water partition coefficient (Wildman–Crippen LogP) is 3.04. The lowest BCUT2D eigenvalue weighted by molar-refractivity contribution is -0.109. The fraction of sp³-hybridized carbons (Fsp3) is 0.375. The van der Waals surface area contributed by atoms with E-state index in [0.717, 1.165) is 16.9 Å². The molecule has 0 radical (unpaired) electrons. The summed E-state index contributed by atoms with van der Waals surface area (Å²) in [5, 5.41) is 2.01. The molecule has 0 spiro atoms. The van der Waals surface area contributed by atoms with Gasteiger partial charge in [-0.05, 0) is 37.6 Å². The number of aldehydes is 1. The van der Waals surface area contributed by atoms with Gasteiger partial charge in [-0.25, -0.2) is 18.4 Å². The van der Waals surface area contributed by atoms with E-state index < -0.39 is 15.2 Å². The van der Waals surface area contributed by atoms with Crippen molar-refractivity contribution in [1.82, 2.24) is 19.8 Å². The molecule has 2 atom stereocenters. The lowest BCUT2D eigenvalue weighted by Crippen LogP contribution is -2.46. The van der Waals surface area contributed by atoms with Crippen LogP contribution in [0.2, 0.25) is 0 Å². The van der Waals surface area contributed by atoms with E-state index in [-0.39, 0.29) is 10.3 Å². The van der Waals surface area contributed by atoms with Gasteiger partial charge in [-0.1, -0.05) is 23.9 Å². The first kappa shape index (κ1) is 25.4. The number of sulfone groups is 1. The number of aryl methyl sites for hydroxylation is 1. The molecule has 2 aliphatic heterocycles. The van der Waals surface area contributed by atoms with Gasteiger partial charge in [-0.2, -0.15) is 0 Å². The number of ether oxygens (including phenoxy) is 1. The Kier molecular flexibility index (Phi) is 7.60. The van der Waals surface area contributed by atoms with E-state index >= 15 is 0 Å². The second-order valence-electron chi connectivity index (χ2n) is 8.36. The summed E-state index contributed by atoms with van der Waals surface area (Å²) >= 11 is 1.44. The van der Waals surface area contributed by atoms with Crippen molar-refractivity contribution in [2.45, 2.75) is 29.5 Å². The molecular weight excluding hydrogens is 486 g/mol. The minimum Gasteiger partial charge on any atom is -0.379 e. The third-order valence-electron chi connectivity index (χ3n) is 6.16. The fourth-order valence-corrected chi connectivity index (χ4v) is 7.18. The molecule has 9 nitrogen and oxygen atoms in total. The number of thioether (sulfide) groups is 1. The predicted molar refractivity (Wildman–Crippen MR) is 138 cm³/mol. The van der Waals surface area contributed by atoms with Crippen molar-refractivity contribution >= 4 is 44.4 Å². The van der Waals surface area contributed by atoms with Gasteiger partial charge in [0.05, 0.1) is 28.7 Å². The summed E-state index contributed by atoms with van der Waals surface area (Å²) in [5.41, 5.74) is 2.86. The molecule has 2 unspecified atom stereocenters. The van der Waals surface area contributed by atoms with Crippen molar-refractivity contribution in [1.29, 1.82) is 0 Å². The molecule has 0 bridgehead atoms. The topological polar surface area (TPSA) is 105 Å². The molecule has 1 saturated heterocycles. The number of nitrogens with zero attached hydrogens (tertiary/aromatic N) is 4. The van der Waals surface area contributed by atoms with E-state index in [1.54, 1.807) is 37.4 Å². The van der Waals surface area contributed by atoms with Gasteiger partial charge >= 0.3 is 0 Å². The normalized spacial score (nSPS) is 20.1. The number of carbonyl (C=O) groups excluding carboxylic acids is 1. The Labute approximate surface area is 210 Å². The van der Waals surface area contributed by atoms with E-state index in [4.69, 9.17) is 4.74 Å². The van der Waals surface area contributed by atoms with Crippen LogP contribution in [0.25, 0.3) is 4.91 Å². The van der Waals surface area contributed by atoms with E-state index in [1.165, 1.54) is 17.8 Å². The molecule has 11 heteroatoms. The van der Waals surface area contributed by atoms with Gasteiger partial charge in [0, 0.05) is 37.7 Å². The van der Waals surface area contributed by atoms with Crippen LogP contribution in [0.15, 0.2) is 53.7 Å². The maximum Gasteiger partial charge on any atom is 0.227 e. The zero-order valence-corrected chi connectivity index (χ0v) is 21.6. The standard InChI is InChI=1S/C24H29N5O4S2/c1-5-22(29-10-12-33-13-11-29)35(31,32)20-14-18(7-6-16(20)2)26-24-25-9-8-19(27-24)23-17(3)28(4)21(15-30)34-23/h5-9,14-15,21-22H,1,10-13H2,2-4H3,(H,25,26,27). The molecule has 2 aliphatic rings. The Morgan fingerprint density at radius 2 is 2.00 bits per heavy atom. The van der Waals surface area contributed by atoms with Crippen molar-refractivity contribution in [2.75, 3.05) is 38.7 Å². The molecule has 0 amide bonds. The zero-order valence-electron chi connectivity index (χ0n) is 20.0. The van der Waals surface area contributed by atoms with Gasteiger partial charge in [0.1, 0.15) is 10.7 Å². The van der Waals surface area contributed by atoms with Gasteiger partial charge in [0.25, 0.3) is 0 Å². The number of carbonyl (C=O) groups is 1. The minimum atomic E-state index is -3.72. The minimum absolute atomic E-state index is 0.232. The Hall–Kier alpha value is -2.73. The van der Waals surface area contributed by atoms with Gasteiger partial charge in [0.15, 0.2) is 16.1 Å². The van der Waals surface area contributed by atoms with Crippen LogP contribution in [0.5, 0.6) is 0 Å². The maximum atomic E-state index is 13.6. The SMILES string of the molecule is C=CC(N1CCOCC1)S(=O)(=O)c1cc(Nc2nccc(C3=C(C)N(C)C(C=O)S3)n2)ccc1C. The third kappa shape index (κ3) is 5.13. The monoisotopic (exact) mass is 515 g/mol. The number of benzene rings is 1.